The number of aliphatic carboxylic acids is 1. The van der Waals surface area contributed by atoms with E-state index in [4.69, 9.17) is 5.11 Å². The van der Waals surface area contributed by atoms with E-state index >= 15 is 0 Å². The molecule has 110 valence electrons. The summed E-state index contributed by atoms with van der Waals surface area (Å²) in [5.41, 5.74) is 3.98. The van der Waals surface area contributed by atoms with Crippen molar-refractivity contribution in [3.63, 3.8) is 0 Å². The largest absolute Gasteiger partial charge is 0.480 e. The molecule has 1 unspecified atom stereocenters. The van der Waals surface area contributed by atoms with Gasteiger partial charge in [0.2, 0.25) is 0 Å². The van der Waals surface area contributed by atoms with E-state index < -0.39 is 5.97 Å². The summed E-state index contributed by atoms with van der Waals surface area (Å²) in [6.45, 7) is 3.90. The Morgan fingerprint density at radius 3 is 2.48 bits per heavy atom. The SMILES string of the molecule is Cc1ccnc(CC(NCC(=O)O)c2cc(C)ccn2)c1. The second-order valence-corrected chi connectivity index (χ2v) is 5.11. The van der Waals surface area contributed by atoms with Gasteiger partial charge in [-0.2, -0.15) is 0 Å². The minimum Gasteiger partial charge on any atom is -0.480 e. The van der Waals surface area contributed by atoms with Crippen LogP contribution in [0.25, 0.3) is 0 Å². The number of nitrogens with one attached hydrogen (secondary N) is 1. The Kier molecular flexibility index (Phi) is 5.00. The molecule has 2 rings (SSSR count). The number of rotatable bonds is 6. The maximum atomic E-state index is 10.8. The van der Waals surface area contributed by atoms with Crippen LogP contribution in [-0.4, -0.2) is 27.6 Å². The normalized spacial score (nSPS) is 12.1. The number of carbonyl (C=O) groups is 1. The topological polar surface area (TPSA) is 75.1 Å². The number of aromatic nitrogens is 2. The van der Waals surface area contributed by atoms with Crippen molar-refractivity contribution >= 4 is 5.97 Å². The fourth-order valence-electron chi connectivity index (χ4n) is 2.16. The van der Waals surface area contributed by atoms with Crippen molar-refractivity contribution in [1.82, 2.24) is 15.3 Å². The van der Waals surface area contributed by atoms with Crippen molar-refractivity contribution in [2.75, 3.05) is 6.54 Å². The average Bonchev–Trinajstić information content (AvgIpc) is 2.43. The molecule has 0 aliphatic rings. The number of carboxylic acids is 1. The van der Waals surface area contributed by atoms with Crippen molar-refractivity contribution in [1.29, 1.82) is 0 Å². The van der Waals surface area contributed by atoms with Crippen LogP contribution >= 0.6 is 0 Å². The summed E-state index contributed by atoms with van der Waals surface area (Å²) in [7, 11) is 0. The van der Waals surface area contributed by atoms with Gasteiger partial charge in [0.1, 0.15) is 0 Å². The fourth-order valence-corrected chi connectivity index (χ4v) is 2.16. The lowest BCUT2D eigenvalue weighted by atomic mass is 10.0. The van der Waals surface area contributed by atoms with Gasteiger partial charge in [-0.05, 0) is 49.2 Å². The third-order valence-electron chi connectivity index (χ3n) is 3.18. The van der Waals surface area contributed by atoms with Gasteiger partial charge in [0.05, 0.1) is 18.3 Å². The van der Waals surface area contributed by atoms with Gasteiger partial charge >= 0.3 is 5.97 Å². The lowest BCUT2D eigenvalue weighted by Crippen LogP contribution is -2.29. The molecule has 0 aliphatic carbocycles. The lowest BCUT2D eigenvalue weighted by molar-refractivity contribution is -0.136. The van der Waals surface area contributed by atoms with Gasteiger partial charge in [0, 0.05) is 24.5 Å². The Balaban J connectivity index is 2.21. The molecule has 0 fully saturated rings. The minimum absolute atomic E-state index is 0.105. The Hall–Kier alpha value is -2.27. The van der Waals surface area contributed by atoms with Gasteiger partial charge in [-0.15, -0.1) is 0 Å². The molecule has 5 heteroatoms. The van der Waals surface area contributed by atoms with Gasteiger partial charge in [0.15, 0.2) is 0 Å². The van der Waals surface area contributed by atoms with E-state index in [9.17, 15) is 4.79 Å². The van der Waals surface area contributed by atoms with Crippen LogP contribution in [0, 0.1) is 13.8 Å². The number of nitrogens with zero attached hydrogens (tertiary/aromatic N) is 2. The van der Waals surface area contributed by atoms with Crippen LogP contribution in [0.5, 0.6) is 0 Å². The molecule has 0 saturated heterocycles. The predicted molar refractivity (Wildman–Crippen MR) is 80.0 cm³/mol. The van der Waals surface area contributed by atoms with Gasteiger partial charge in [-0.1, -0.05) is 0 Å². The molecule has 2 aromatic heterocycles. The summed E-state index contributed by atoms with van der Waals surface area (Å²) in [4.78, 5) is 19.5. The highest BCUT2D eigenvalue weighted by molar-refractivity contribution is 5.69. The zero-order valence-electron chi connectivity index (χ0n) is 12.2. The van der Waals surface area contributed by atoms with Crippen molar-refractivity contribution in [2.24, 2.45) is 0 Å². The number of aryl methyl sites for hydroxylation is 2. The molecule has 1 atom stereocenters. The van der Waals surface area contributed by atoms with Crippen molar-refractivity contribution < 1.29 is 9.90 Å². The Bertz CT molecular complexity index is 628. The quantitative estimate of drug-likeness (QED) is 0.849. The van der Waals surface area contributed by atoms with Crippen LogP contribution in [0.3, 0.4) is 0 Å². The first-order chi connectivity index (χ1) is 10.0. The first-order valence-corrected chi connectivity index (χ1v) is 6.84. The van der Waals surface area contributed by atoms with E-state index in [0.29, 0.717) is 6.42 Å². The predicted octanol–water partition coefficient (Wildman–Crippen LogP) is 2.05. The minimum atomic E-state index is -0.884. The zero-order valence-corrected chi connectivity index (χ0v) is 12.2. The Morgan fingerprint density at radius 1 is 1.19 bits per heavy atom. The molecule has 21 heavy (non-hydrogen) atoms. The molecular weight excluding hydrogens is 266 g/mol. The summed E-state index contributed by atoms with van der Waals surface area (Å²) in [5, 5.41) is 11.9. The lowest BCUT2D eigenvalue weighted by Gasteiger charge is -2.17. The number of pyridine rings is 2. The number of carboxylic acid groups (broad SMARTS) is 1. The van der Waals surface area contributed by atoms with E-state index in [1.807, 2.05) is 38.1 Å². The highest BCUT2D eigenvalue weighted by Gasteiger charge is 2.15. The van der Waals surface area contributed by atoms with Gasteiger partial charge < -0.3 is 5.11 Å². The second-order valence-electron chi connectivity index (χ2n) is 5.11. The first kappa shape index (κ1) is 15.1. The molecule has 5 nitrogen and oxygen atoms in total. The summed E-state index contributed by atoms with van der Waals surface area (Å²) in [6, 6.07) is 7.66. The Morgan fingerprint density at radius 2 is 1.86 bits per heavy atom. The monoisotopic (exact) mass is 285 g/mol. The summed E-state index contributed by atoms with van der Waals surface area (Å²) in [6.07, 6.45) is 4.11. The molecule has 0 amide bonds. The van der Waals surface area contributed by atoms with Crippen LogP contribution in [-0.2, 0) is 11.2 Å². The second kappa shape index (κ2) is 6.95. The fraction of sp³-hybridized carbons (Fsp3) is 0.312. The first-order valence-electron chi connectivity index (χ1n) is 6.84. The zero-order chi connectivity index (χ0) is 15.2. The molecule has 0 radical (unpaired) electrons. The number of hydrogen-bond acceptors (Lipinski definition) is 4. The Labute approximate surface area is 124 Å². The molecule has 0 bridgehead atoms. The van der Waals surface area contributed by atoms with Gasteiger partial charge in [-0.25, -0.2) is 0 Å². The molecule has 0 aliphatic heterocycles. The molecule has 2 heterocycles. The van der Waals surface area contributed by atoms with Crippen LogP contribution in [0.1, 0.15) is 28.6 Å². The summed E-state index contributed by atoms with van der Waals surface area (Å²) >= 11 is 0. The van der Waals surface area contributed by atoms with E-state index in [0.717, 1.165) is 22.5 Å². The molecule has 2 N–H and O–H groups in total. The van der Waals surface area contributed by atoms with Crippen LogP contribution in [0.15, 0.2) is 36.7 Å². The maximum absolute atomic E-state index is 10.8. The van der Waals surface area contributed by atoms with Crippen molar-refractivity contribution in [3.8, 4) is 0 Å². The maximum Gasteiger partial charge on any atom is 0.317 e. The van der Waals surface area contributed by atoms with E-state index in [1.165, 1.54) is 0 Å². The van der Waals surface area contributed by atoms with Crippen LogP contribution in [0.2, 0.25) is 0 Å². The standard InChI is InChI=1S/C16H19N3O2/c1-11-3-5-17-13(7-11)9-15(19-10-16(20)21)14-8-12(2)4-6-18-14/h3-8,15,19H,9-10H2,1-2H3,(H,20,21). The highest BCUT2D eigenvalue weighted by atomic mass is 16.4. The van der Waals surface area contributed by atoms with Gasteiger partial charge in [-0.3, -0.25) is 20.1 Å². The summed E-state index contributed by atoms with van der Waals surface area (Å²) in [5.74, 6) is -0.884. The van der Waals surface area contributed by atoms with Crippen molar-refractivity contribution in [3.05, 3.63) is 59.2 Å². The van der Waals surface area contributed by atoms with Crippen molar-refractivity contribution in [2.45, 2.75) is 26.3 Å². The molecule has 2 aromatic rings. The van der Waals surface area contributed by atoms with E-state index in [1.54, 1.807) is 12.4 Å². The third kappa shape index (κ3) is 4.65. The number of hydrogen-bond donors (Lipinski definition) is 2. The van der Waals surface area contributed by atoms with E-state index in [-0.39, 0.29) is 12.6 Å². The highest BCUT2D eigenvalue weighted by Crippen LogP contribution is 2.17. The van der Waals surface area contributed by atoms with E-state index in [2.05, 4.69) is 15.3 Å². The van der Waals surface area contributed by atoms with Gasteiger partial charge in [0.25, 0.3) is 0 Å². The molecular formula is C16H19N3O2. The molecule has 0 aromatic carbocycles. The molecule has 0 saturated carbocycles. The van der Waals surface area contributed by atoms with Crippen LogP contribution in [0.4, 0.5) is 0 Å². The molecule has 0 spiro atoms. The summed E-state index contributed by atoms with van der Waals surface area (Å²) < 4.78 is 0. The van der Waals surface area contributed by atoms with Crippen LogP contribution < -0.4 is 5.32 Å². The third-order valence-corrected chi connectivity index (χ3v) is 3.18. The smallest absolute Gasteiger partial charge is 0.317 e. The average molecular weight is 285 g/mol.